The zero-order valence-electron chi connectivity index (χ0n) is 17.0. The van der Waals surface area contributed by atoms with Crippen LogP contribution >= 0.6 is 38.9 Å². The average Bonchev–Trinajstić information content (AvgIpc) is 3.35. The maximum Gasteiger partial charge on any atom is 0.311 e. The minimum absolute atomic E-state index is 0.0242. The average molecular weight is 534 g/mol. The van der Waals surface area contributed by atoms with Crippen LogP contribution in [0.5, 0.6) is 0 Å². The molecule has 32 heavy (non-hydrogen) atoms. The third-order valence-corrected chi connectivity index (χ3v) is 6.84. The maximum absolute atomic E-state index is 12.6. The highest BCUT2D eigenvalue weighted by atomic mass is 79.9. The predicted octanol–water partition coefficient (Wildman–Crippen LogP) is 5.31. The van der Waals surface area contributed by atoms with Crippen LogP contribution in [0.3, 0.4) is 0 Å². The molecule has 0 radical (unpaired) electrons. The van der Waals surface area contributed by atoms with Crippen LogP contribution in [0.1, 0.15) is 21.7 Å². The smallest absolute Gasteiger partial charge is 0.311 e. The lowest BCUT2D eigenvalue weighted by Gasteiger charge is -2.12. The number of Topliss-reactive ketones (excluding diaryl/α,β-unsaturated/α-hetero) is 1. The fraction of sp³-hybridized carbons (Fsp3) is 0.217. The number of carbonyl (C=O) groups is 3. The van der Waals surface area contributed by atoms with E-state index in [0.717, 1.165) is 20.6 Å². The van der Waals surface area contributed by atoms with Crippen LogP contribution in [0.2, 0.25) is 5.02 Å². The van der Waals surface area contributed by atoms with Gasteiger partial charge >= 0.3 is 5.97 Å². The molecule has 4 rings (SSSR count). The van der Waals surface area contributed by atoms with E-state index in [2.05, 4.69) is 20.9 Å². The van der Waals surface area contributed by atoms with Crippen molar-refractivity contribution < 1.29 is 19.1 Å². The van der Waals surface area contributed by atoms with Crippen molar-refractivity contribution >= 4 is 61.7 Å². The van der Waals surface area contributed by atoms with E-state index in [9.17, 15) is 14.4 Å². The Kier molecular flexibility index (Phi) is 6.74. The predicted molar refractivity (Wildman–Crippen MR) is 127 cm³/mol. The van der Waals surface area contributed by atoms with E-state index in [-0.39, 0.29) is 31.3 Å². The van der Waals surface area contributed by atoms with Gasteiger partial charge in [-0.1, -0.05) is 51.8 Å². The molecule has 2 aromatic carbocycles. The van der Waals surface area contributed by atoms with Crippen LogP contribution in [0.4, 0.5) is 5.13 Å². The number of aromatic nitrogens is 1. The van der Waals surface area contributed by atoms with Gasteiger partial charge in [0.1, 0.15) is 0 Å². The van der Waals surface area contributed by atoms with Crippen LogP contribution in [0.15, 0.2) is 53.0 Å². The van der Waals surface area contributed by atoms with Crippen molar-refractivity contribution in [2.24, 2.45) is 5.92 Å². The number of hydrogen-bond donors (Lipinski definition) is 0. The molecular weight excluding hydrogens is 516 g/mol. The summed E-state index contributed by atoms with van der Waals surface area (Å²) in [7, 11) is 0. The largest absolute Gasteiger partial charge is 0.457 e. The van der Waals surface area contributed by atoms with Gasteiger partial charge in [-0.2, -0.15) is 0 Å². The fourth-order valence-electron chi connectivity index (χ4n) is 3.43. The molecule has 1 amide bonds. The van der Waals surface area contributed by atoms with Gasteiger partial charge in [0.2, 0.25) is 5.91 Å². The molecule has 1 fully saturated rings. The second-order valence-corrected chi connectivity index (χ2v) is 9.89. The SMILES string of the molecule is Cc1sc(N2C[C@H](C(=O)OCC(=O)c3ccc(Br)cc3)CC2=O)nc1-c1cccc(Cl)c1. The summed E-state index contributed by atoms with van der Waals surface area (Å²) in [6.45, 7) is 1.74. The van der Waals surface area contributed by atoms with E-state index in [1.165, 1.54) is 16.2 Å². The van der Waals surface area contributed by atoms with Gasteiger partial charge in [0.25, 0.3) is 0 Å². The zero-order chi connectivity index (χ0) is 22.8. The second-order valence-electron chi connectivity index (χ2n) is 7.35. The number of esters is 1. The number of halogens is 2. The molecule has 3 aromatic rings. The number of anilines is 1. The Bertz CT molecular complexity index is 1190. The van der Waals surface area contributed by atoms with Crippen molar-refractivity contribution in [3.63, 3.8) is 0 Å². The van der Waals surface area contributed by atoms with Crippen LogP contribution < -0.4 is 4.90 Å². The molecule has 164 valence electrons. The summed E-state index contributed by atoms with van der Waals surface area (Å²) >= 11 is 10.8. The normalized spacial score (nSPS) is 15.8. The molecule has 0 spiro atoms. The van der Waals surface area contributed by atoms with Gasteiger partial charge in [-0.25, -0.2) is 4.98 Å². The maximum atomic E-state index is 12.6. The molecule has 1 aliphatic rings. The summed E-state index contributed by atoms with van der Waals surface area (Å²) in [4.78, 5) is 44.4. The summed E-state index contributed by atoms with van der Waals surface area (Å²) < 4.78 is 6.06. The monoisotopic (exact) mass is 532 g/mol. The fourth-order valence-corrected chi connectivity index (χ4v) is 4.84. The minimum atomic E-state index is -0.640. The van der Waals surface area contributed by atoms with Gasteiger partial charge in [0.15, 0.2) is 17.5 Å². The summed E-state index contributed by atoms with van der Waals surface area (Å²) in [5, 5.41) is 1.14. The van der Waals surface area contributed by atoms with Gasteiger partial charge in [-0.05, 0) is 31.2 Å². The van der Waals surface area contributed by atoms with Crippen molar-refractivity contribution in [1.82, 2.24) is 4.98 Å². The number of rotatable bonds is 6. The topological polar surface area (TPSA) is 76.6 Å². The molecule has 1 aliphatic heterocycles. The van der Waals surface area contributed by atoms with Gasteiger partial charge in [-0.3, -0.25) is 19.3 Å². The van der Waals surface area contributed by atoms with E-state index in [0.29, 0.717) is 15.7 Å². The Labute approximate surface area is 202 Å². The molecule has 0 N–H and O–H groups in total. The summed E-state index contributed by atoms with van der Waals surface area (Å²) in [5.41, 5.74) is 2.08. The van der Waals surface area contributed by atoms with E-state index in [4.69, 9.17) is 16.3 Å². The third kappa shape index (κ3) is 4.92. The Morgan fingerprint density at radius 2 is 2.00 bits per heavy atom. The van der Waals surface area contributed by atoms with Crippen LogP contribution in [-0.4, -0.2) is 35.8 Å². The first kappa shape index (κ1) is 22.6. The highest BCUT2D eigenvalue weighted by Crippen LogP contribution is 2.36. The molecule has 0 saturated carbocycles. The number of amides is 1. The lowest BCUT2D eigenvalue weighted by molar-refractivity contribution is -0.147. The first-order chi connectivity index (χ1) is 15.3. The Balaban J connectivity index is 1.41. The number of hydrogen-bond acceptors (Lipinski definition) is 6. The third-order valence-electron chi connectivity index (χ3n) is 5.08. The molecule has 0 aliphatic carbocycles. The Morgan fingerprint density at radius 1 is 1.25 bits per heavy atom. The Hall–Kier alpha value is -2.55. The quantitative estimate of drug-likeness (QED) is 0.317. The van der Waals surface area contributed by atoms with Gasteiger partial charge in [0.05, 0.1) is 11.6 Å². The van der Waals surface area contributed by atoms with Gasteiger partial charge in [0, 0.05) is 38.5 Å². The van der Waals surface area contributed by atoms with Crippen molar-refractivity contribution in [2.75, 3.05) is 18.1 Å². The van der Waals surface area contributed by atoms with E-state index in [1.54, 1.807) is 30.3 Å². The first-order valence-electron chi connectivity index (χ1n) is 9.81. The molecule has 2 heterocycles. The van der Waals surface area contributed by atoms with Crippen LogP contribution in [0.25, 0.3) is 11.3 Å². The molecule has 1 aromatic heterocycles. The highest BCUT2D eigenvalue weighted by molar-refractivity contribution is 9.10. The molecule has 0 unspecified atom stereocenters. The van der Waals surface area contributed by atoms with Gasteiger partial charge in [-0.15, -0.1) is 11.3 Å². The number of carbonyl (C=O) groups excluding carboxylic acids is 3. The van der Waals surface area contributed by atoms with Gasteiger partial charge < -0.3 is 4.74 Å². The van der Waals surface area contributed by atoms with Crippen molar-refractivity contribution in [3.8, 4) is 11.3 Å². The van der Waals surface area contributed by atoms with E-state index >= 15 is 0 Å². The van der Waals surface area contributed by atoms with Crippen LogP contribution in [-0.2, 0) is 14.3 Å². The van der Waals surface area contributed by atoms with E-state index in [1.807, 2.05) is 25.1 Å². The zero-order valence-corrected chi connectivity index (χ0v) is 20.2. The van der Waals surface area contributed by atoms with Crippen molar-refractivity contribution in [2.45, 2.75) is 13.3 Å². The molecule has 1 saturated heterocycles. The molecular formula is C23H18BrClN2O4S. The number of thiazole rings is 1. The lowest BCUT2D eigenvalue weighted by Crippen LogP contribution is -2.27. The number of aryl methyl sites for hydroxylation is 1. The minimum Gasteiger partial charge on any atom is -0.457 e. The molecule has 6 nitrogen and oxygen atoms in total. The number of ether oxygens (including phenoxy) is 1. The lowest BCUT2D eigenvalue weighted by atomic mass is 10.1. The summed E-state index contributed by atoms with van der Waals surface area (Å²) in [6.07, 6.45) is 0.0242. The van der Waals surface area contributed by atoms with E-state index < -0.39 is 11.9 Å². The van der Waals surface area contributed by atoms with Crippen LogP contribution in [0, 0.1) is 12.8 Å². The Morgan fingerprint density at radius 3 is 2.72 bits per heavy atom. The summed E-state index contributed by atoms with van der Waals surface area (Å²) in [6, 6.07) is 14.2. The van der Waals surface area contributed by atoms with Crippen molar-refractivity contribution in [3.05, 3.63) is 68.5 Å². The summed E-state index contributed by atoms with van der Waals surface area (Å²) in [5.74, 6) is -1.69. The molecule has 9 heteroatoms. The van der Waals surface area contributed by atoms with Crippen molar-refractivity contribution in [1.29, 1.82) is 0 Å². The second kappa shape index (κ2) is 9.52. The number of nitrogens with zero attached hydrogens (tertiary/aromatic N) is 2. The standard InChI is InChI=1S/C23H18BrClN2O4S/c1-13-21(15-3-2-4-18(25)9-15)26-23(32-13)27-11-16(10-20(27)29)22(30)31-12-19(28)14-5-7-17(24)8-6-14/h2-9,16H,10-12H2,1H3/t16-/m1/s1. The highest BCUT2D eigenvalue weighted by Gasteiger charge is 2.38. The molecule has 1 atom stereocenters. The molecule has 0 bridgehead atoms. The number of benzene rings is 2. The first-order valence-corrected chi connectivity index (χ1v) is 11.8. The number of ketones is 1.